The van der Waals surface area contributed by atoms with Crippen molar-refractivity contribution in [2.24, 2.45) is 23.2 Å². The van der Waals surface area contributed by atoms with Crippen molar-refractivity contribution in [3.05, 3.63) is 75.0 Å². The van der Waals surface area contributed by atoms with E-state index in [1.54, 1.807) is 24.3 Å². The molecule has 322 valence electrons. The van der Waals surface area contributed by atoms with Crippen LogP contribution in [0.2, 0.25) is 0 Å². The minimum absolute atomic E-state index is 0.00393. The van der Waals surface area contributed by atoms with Crippen LogP contribution in [0.3, 0.4) is 0 Å². The minimum Gasteiger partial charge on any atom is -0.497 e. The number of thiophene rings is 1. The summed E-state index contributed by atoms with van der Waals surface area (Å²) in [5, 5.41) is 25.0. The number of Topliss-reactive ketones (excluding diaryl/α,β-unsaturated/α-hetero) is 1. The van der Waals surface area contributed by atoms with E-state index in [4.69, 9.17) is 18.9 Å². The molecule has 6 rings (SSSR count). The highest BCUT2D eigenvalue weighted by molar-refractivity contribution is 7.89. The van der Waals surface area contributed by atoms with Crippen LogP contribution in [0.5, 0.6) is 5.75 Å². The van der Waals surface area contributed by atoms with E-state index < -0.39 is 45.9 Å². The average Bonchev–Trinajstić information content (AvgIpc) is 3.83. The molecule has 2 saturated heterocycles. The largest absolute Gasteiger partial charge is 0.497 e. The number of hydrogen-bond donors (Lipinski definition) is 3. The highest BCUT2D eigenvalue weighted by Gasteiger charge is 2.53. The number of aliphatic hydroxyl groups excluding tert-OH is 1. The summed E-state index contributed by atoms with van der Waals surface area (Å²) in [6, 6.07) is 13.4. The molecule has 3 aromatic rings. The number of nitrogens with one attached hydrogen (secondary N) is 1. The fraction of sp³-hybridized carbons (Fsp3) is 0.568. The van der Waals surface area contributed by atoms with Crippen molar-refractivity contribution >= 4 is 44.8 Å². The Morgan fingerprint density at radius 1 is 1.03 bits per heavy atom. The van der Waals surface area contributed by atoms with E-state index in [0.29, 0.717) is 35.8 Å². The number of esters is 1. The molecule has 15 heteroatoms. The van der Waals surface area contributed by atoms with Gasteiger partial charge in [0, 0.05) is 40.9 Å². The second-order valence-corrected chi connectivity index (χ2v) is 20.6. The van der Waals surface area contributed by atoms with Gasteiger partial charge in [-0.25, -0.2) is 13.2 Å². The third-order valence-corrected chi connectivity index (χ3v) is 14.9. The first-order chi connectivity index (χ1) is 27.9. The normalized spacial score (nSPS) is 22.1. The zero-order valence-corrected chi connectivity index (χ0v) is 36.5. The molecule has 59 heavy (non-hydrogen) atoms. The second-order valence-electron chi connectivity index (χ2n) is 17.4. The molecule has 5 atom stereocenters. The molecule has 2 aliphatic heterocycles. The second kappa shape index (κ2) is 18.4. The predicted molar refractivity (Wildman–Crippen MR) is 223 cm³/mol. The van der Waals surface area contributed by atoms with Gasteiger partial charge in [0.25, 0.3) is 0 Å². The molecule has 0 spiro atoms. The molecule has 1 aromatic heterocycles. The highest BCUT2D eigenvalue weighted by atomic mass is 32.2. The van der Waals surface area contributed by atoms with Crippen molar-refractivity contribution in [1.82, 2.24) is 4.31 Å². The van der Waals surface area contributed by atoms with Gasteiger partial charge in [-0.1, -0.05) is 39.8 Å². The quantitative estimate of drug-likeness (QED) is 0.118. The first kappa shape index (κ1) is 44.7. The topological polar surface area (TPSA) is 178 Å². The molecule has 2 aromatic carbocycles. The molecule has 1 aliphatic carbocycles. The summed E-state index contributed by atoms with van der Waals surface area (Å²) in [4.78, 5) is 40.7. The Balaban J connectivity index is 1.14. The Labute approximate surface area is 351 Å². The molecule has 0 amide bonds. The van der Waals surface area contributed by atoms with Crippen molar-refractivity contribution in [1.29, 1.82) is 0 Å². The smallest absolute Gasteiger partial charge is 0.337 e. The van der Waals surface area contributed by atoms with Crippen molar-refractivity contribution < 1.29 is 52.0 Å². The van der Waals surface area contributed by atoms with Gasteiger partial charge < -0.3 is 34.5 Å². The van der Waals surface area contributed by atoms with Gasteiger partial charge in [-0.3, -0.25) is 9.59 Å². The van der Waals surface area contributed by atoms with Gasteiger partial charge >= 0.3 is 11.9 Å². The Morgan fingerprint density at radius 3 is 2.41 bits per heavy atom. The van der Waals surface area contributed by atoms with Crippen LogP contribution in [0.15, 0.2) is 53.4 Å². The summed E-state index contributed by atoms with van der Waals surface area (Å²) in [5.41, 5.74) is 2.61. The number of aryl methyl sites for hydroxylation is 1. The van der Waals surface area contributed by atoms with E-state index in [-0.39, 0.29) is 79.0 Å². The molecule has 3 heterocycles. The number of sulfonamides is 1. The van der Waals surface area contributed by atoms with Crippen LogP contribution >= 0.6 is 11.3 Å². The molecule has 13 nitrogen and oxygen atoms in total. The highest BCUT2D eigenvalue weighted by Crippen LogP contribution is 2.43. The number of nitrogens with zero attached hydrogens (tertiary/aromatic N) is 1. The fourth-order valence-electron chi connectivity index (χ4n) is 8.47. The van der Waals surface area contributed by atoms with Crippen molar-refractivity contribution in [2.75, 3.05) is 45.3 Å². The number of ketones is 1. The molecular formula is C44H58N2O11S2. The van der Waals surface area contributed by atoms with Crippen LogP contribution in [0.25, 0.3) is 0 Å². The molecule has 0 bridgehead atoms. The maximum absolute atomic E-state index is 13.9. The van der Waals surface area contributed by atoms with Crippen LogP contribution in [0.1, 0.15) is 85.1 Å². The Hall–Kier alpha value is -3.86. The lowest BCUT2D eigenvalue weighted by Crippen LogP contribution is -2.43. The number of fused-ring (bicyclic) bond motifs is 2. The van der Waals surface area contributed by atoms with E-state index in [9.17, 15) is 33.0 Å². The number of hydrogen-bond acceptors (Lipinski definition) is 12. The van der Waals surface area contributed by atoms with Crippen LogP contribution < -0.4 is 10.1 Å². The van der Waals surface area contributed by atoms with Crippen molar-refractivity contribution in [3.8, 4) is 5.75 Å². The minimum atomic E-state index is -4.03. The van der Waals surface area contributed by atoms with Gasteiger partial charge in [0.2, 0.25) is 10.0 Å². The van der Waals surface area contributed by atoms with E-state index in [1.165, 1.54) is 34.9 Å². The third kappa shape index (κ3) is 10.7. The predicted octanol–water partition coefficient (Wildman–Crippen LogP) is 6.14. The SMILES string of the molecule is COc1ccc(S(=O)(=O)N(CC(C)C)C[C@@H](O)[C@@H](CC(=O)OC2CO[C@@]3(C)OCC[C@@H]23)Cc2ccc(NCC(=O)Cc3sc4c(c3C(=O)O)CC(C)(C)CC4)cc2)cc1. The summed E-state index contributed by atoms with van der Waals surface area (Å²) >= 11 is 1.44. The van der Waals surface area contributed by atoms with Gasteiger partial charge in [-0.05, 0) is 97.9 Å². The third-order valence-electron chi connectivity index (χ3n) is 11.7. The number of benzene rings is 2. The maximum Gasteiger partial charge on any atom is 0.337 e. The number of rotatable bonds is 19. The lowest BCUT2D eigenvalue weighted by atomic mass is 9.76. The van der Waals surface area contributed by atoms with Gasteiger partial charge in [-0.2, -0.15) is 4.31 Å². The van der Waals surface area contributed by atoms with Crippen LogP contribution in [-0.2, 0) is 59.5 Å². The van der Waals surface area contributed by atoms with Crippen molar-refractivity contribution in [3.63, 3.8) is 0 Å². The van der Waals surface area contributed by atoms with Gasteiger partial charge in [0.1, 0.15) is 11.9 Å². The summed E-state index contributed by atoms with van der Waals surface area (Å²) in [6.07, 6.45) is 1.52. The standard InChI is InChI=1S/C44H58N2O11S2/c1-27(2)24-46(59(52,53)33-13-11-32(54-6)12-14-33)25-36(48)29(20-40(49)57-37-26-56-44(5)35(37)16-18-55-44)19-28-7-9-30(10-8-28)45-23-31(47)21-39-41(42(50)51)34-22-43(3,4)17-15-38(34)58-39/h7-14,27,29,35-37,45,48H,15-26H2,1-6H3,(H,50,51)/t29-,35+,36-,37?,44-/m1/s1. The van der Waals surface area contributed by atoms with Crippen molar-refractivity contribution in [2.45, 2.75) is 102 Å². The number of carbonyl (C=O) groups is 3. The molecule has 3 N–H and O–H groups in total. The van der Waals surface area contributed by atoms with Gasteiger partial charge in [0.05, 0.1) is 55.8 Å². The van der Waals surface area contributed by atoms with Crippen LogP contribution in [0, 0.1) is 23.2 Å². The van der Waals surface area contributed by atoms with E-state index in [2.05, 4.69) is 19.2 Å². The molecule has 0 saturated carbocycles. The van der Waals surface area contributed by atoms with Crippen LogP contribution in [0.4, 0.5) is 5.69 Å². The lowest BCUT2D eigenvalue weighted by molar-refractivity contribution is -0.181. The first-order valence-electron chi connectivity index (χ1n) is 20.4. The number of aliphatic hydroxyl groups is 1. The van der Waals surface area contributed by atoms with E-state index >= 15 is 0 Å². The van der Waals surface area contributed by atoms with E-state index in [1.807, 2.05) is 32.9 Å². The number of carboxylic acid groups (broad SMARTS) is 1. The zero-order valence-electron chi connectivity index (χ0n) is 34.8. The Morgan fingerprint density at radius 2 is 1.75 bits per heavy atom. The number of anilines is 1. The first-order valence-corrected chi connectivity index (χ1v) is 22.6. The van der Waals surface area contributed by atoms with Gasteiger partial charge in [0.15, 0.2) is 11.6 Å². The summed E-state index contributed by atoms with van der Waals surface area (Å²) in [6.45, 7) is 10.5. The molecule has 3 aliphatic rings. The number of ether oxygens (including phenoxy) is 4. The fourth-order valence-corrected chi connectivity index (χ4v) is 11.4. The summed E-state index contributed by atoms with van der Waals surface area (Å²) in [5.74, 6) is -2.83. The van der Waals surface area contributed by atoms with Gasteiger partial charge in [-0.15, -0.1) is 11.3 Å². The number of carbonyl (C=O) groups excluding carboxylic acids is 2. The number of carboxylic acids is 1. The average molecular weight is 855 g/mol. The monoisotopic (exact) mass is 854 g/mol. The summed E-state index contributed by atoms with van der Waals surface area (Å²) in [7, 11) is -2.53. The van der Waals surface area contributed by atoms with Crippen LogP contribution in [-0.4, -0.2) is 98.6 Å². The lowest BCUT2D eigenvalue weighted by Gasteiger charge is -2.30. The molecule has 2 fully saturated rings. The Bertz CT molecular complexity index is 2080. The zero-order chi connectivity index (χ0) is 42.7. The Kier molecular flexibility index (Phi) is 13.9. The maximum atomic E-state index is 13.9. The molecule has 0 radical (unpaired) electrons. The molecule has 1 unspecified atom stereocenters. The summed E-state index contributed by atoms with van der Waals surface area (Å²) < 4.78 is 51.9. The molecular weight excluding hydrogens is 797 g/mol. The number of aromatic carboxylic acids is 1. The van der Waals surface area contributed by atoms with E-state index in [0.717, 1.165) is 28.8 Å². The number of methoxy groups -OCH3 is 1.